The standard InChI is InChI=1S/C16H17F2N3/c17-14(18)10-3-1-9(2-4-10)13-15(19)21(12-7-8-12)16(20-13)11-5-6-11/h1-4,11-12,14H,5-8,19H2. The van der Waals surface area contributed by atoms with Crippen LogP contribution in [0.25, 0.3) is 11.3 Å². The molecule has 0 saturated heterocycles. The third-order valence-electron chi connectivity index (χ3n) is 4.27. The van der Waals surface area contributed by atoms with E-state index in [2.05, 4.69) is 4.57 Å². The van der Waals surface area contributed by atoms with Crippen LogP contribution in [0, 0.1) is 0 Å². The molecule has 21 heavy (non-hydrogen) atoms. The largest absolute Gasteiger partial charge is 0.383 e. The third kappa shape index (κ3) is 2.20. The molecule has 0 amide bonds. The van der Waals surface area contributed by atoms with Gasteiger partial charge in [-0.3, -0.25) is 0 Å². The van der Waals surface area contributed by atoms with E-state index in [1.165, 1.54) is 25.0 Å². The minimum atomic E-state index is -2.44. The zero-order valence-electron chi connectivity index (χ0n) is 11.6. The highest BCUT2D eigenvalue weighted by atomic mass is 19.3. The van der Waals surface area contributed by atoms with Gasteiger partial charge >= 0.3 is 0 Å². The maximum Gasteiger partial charge on any atom is 0.263 e. The molecule has 0 spiro atoms. The first-order chi connectivity index (χ1) is 10.1. The highest BCUT2D eigenvalue weighted by Gasteiger charge is 2.36. The van der Waals surface area contributed by atoms with E-state index in [1.807, 2.05) is 0 Å². The molecular weight excluding hydrogens is 272 g/mol. The Bertz CT molecular complexity index is 668. The molecule has 1 heterocycles. The average Bonchev–Trinajstić information content (AvgIpc) is 3.37. The van der Waals surface area contributed by atoms with E-state index in [0.29, 0.717) is 17.8 Å². The summed E-state index contributed by atoms with van der Waals surface area (Å²) in [6.45, 7) is 0. The molecule has 5 heteroatoms. The summed E-state index contributed by atoms with van der Waals surface area (Å²) in [5.41, 5.74) is 7.88. The van der Waals surface area contributed by atoms with E-state index in [9.17, 15) is 8.78 Å². The van der Waals surface area contributed by atoms with Gasteiger partial charge in [-0.1, -0.05) is 24.3 Å². The number of anilines is 1. The monoisotopic (exact) mass is 289 g/mol. The number of imidazole rings is 1. The molecule has 2 aliphatic rings. The third-order valence-corrected chi connectivity index (χ3v) is 4.27. The first-order valence-corrected chi connectivity index (χ1v) is 7.41. The molecule has 0 aliphatic heterocycles. The summed E-state index contributed by atoms with van der Waals surface area (Å²) in [7, 11) is 0. The van der Waals surface area contributed by atoms with Gasteiger partial charge in [0.1, 0.15) is 17.3 Å². The number of alkyl halides is 2. The van der Waals surface area contributed by atoms with Gasteiger partial charge in [-0.05, 0) is 25.7 Å². The summed E-state index contributed by atoms with van der Waals surface area (Å²) in [5, 5.41) is 0. The summed E-state index contributed by atoms with van der Waals surface area (Å²) in [5.74, 6) is 2.30. The van der Waals surface area contributed by atoms with E-state index in [1.54, 1.807) is 12.1 Å². The van der Waals surface area contributed by atoms with Crippen molar-refractivity contribution in [3.8, 4) is 11.3 Å². The number of halogens is 2. The summed E-state index contributed by atoms with van der Waals surface area (Å²) < 4.78 is 27.4. The van der Waals surface area contributed by atoms with Gasteiger partial charge in [0.25, 0.3) is 6.43 Å². The van der Waals surface area contributed by atoms with Gasteiger partial charge in [-0.15, -0.1) is 0 Å². The maximum absolute atomic E-state index is 12.6. The minimum absolute atomic E-state index is 0.0290. The van der Waals surface area contributed by atoms with Crippen LogP contribution < -0.4 is 5.73 Å². The van der Waals surface area contributed by atoms with Crippen LogP contribution in [-0.4, -0.2) is 9.55 Å². The number of hydrogen-bond acceptors (Lipinski definition) is 2. The fourth-order valence-electron chi connectivity index (χ4n) is 2.81. The summed E-state index contributed by atoms with van der Waals surface area (Å²) in [6.07, 6.45) is 2.22. The molecule has 1 aromatic carbocycles. The molecule has 1 aromatic heterocycles. The van der Waals surface area contributed by atoms with E-state index in [0.717, 1.165) is 29.9 Å². The van der Waals surface area contributed by atoms with Crippen LogP contribution in [0.15, 0.2) is 24.3 Å². The molecule has 0 atom stereocenters. The number of aromatic nitrogens is 2. The molecule has 110 valence electrons. The van der Waals surface area contributed by atoms with Crippen LogP contribution in [0.4, 0.5) is 14.6 Å². The van der Waals surface area contributed by atoms with Crippen LogP contribution in [0.5, 0.6) is 0 Å². The number of nitrogens with two attached hydrogens (primary N) is 1. The zero-order chi connectivity index (χ0) is 14.6. The Hall–Kier alpha value is -1.91. The van der Waals surface area contributed by atoms with Crippen molar-refractivity contribution >= 4 is 5.82 Å². The molecule has 2 fully saturated rings. The first-order valence-electron chi connectivity index (χ1n) is 7.41. The highest BCUT2D eigenvalue weighted by molar-refractivity contribution is 5.71. The molecule has 2 aliphatic carbocycles. The summed E-state index contributed by atoms with van der Waals surface area (Å²) in [4.78, 5) is 4.73. The molecule has 0 unspecified atom stereocenters. The Balaban J connectivity index is 1.75. The predicted molar refractivity (Wildman–Crippen MR) is 77.3 cm³/mol. The molecular formula is C16H17F2N3. The molecule has 3 nitrogen and oxygen atoms in total. The van der Waals surface area contributed by atoms with Crippen molar-refractivity contribution in [2.24, 2.45) is 0 Å². The van der Waals surface area contributed by atoms with Gasteiger partial charge in [-0.25, -0.2) is 13.8 Å². The van der Waals surface area contributed by atoms with Gasteiger partial charge in [0.05, 0.1) is 0 Å². The van der Waals surface area contributed by atoms with E-state index in [4.69, 9.17) is 10.7 Å². The second-order valence-electron chi connectivity index (χ2n) is 6.00. The Labute approximate surface area is 121 Å². The second kappa shape index (κ2) is 4.55. The lowest BCUT2D eigenvalue weighted by Gasteiger charge is -2.07. The smallest absolute Gasteiger partial charge is 0.263 e. The van der Waals surface area contributed by atoms with Crippen molar-refractivity contribution in [1.82, 2.24) is 9.55 Å². The predicted octanol–water partition coefficient (Wildman–Crippen LogP) is 4.28. The topological polar surface area (TPSA) is 43.8 Å². The van der Waals surface area contributed by atoms with Crippen LogP contribution in [0.3, 0.4) is 0 Å². The van der Waals surface area contributed by atoms with Crippen molar-refractivity contribution in [2.45, 2.75) is 44.1 Å². The van der Waals surface area contributed by atoms with Crippen molar-refractivity contribution in [2.75, 3.05) is 5.73 Å². The number of benzene rings is 1. The van der Waals surface area contributed by atoms with Crippen molar-refractivity contribution < 1.29 is 8.78 Å². The van der Waals surface area contributed by atoms with Crippen molar-refractivity contribution in [3.05, 3.63) is 35.7 Å². The summed E-state index contributed by atoms with van der Waals surface area (Å²) >= 11 is 0. The molecule has 4 rings (SSSR count). The molecule has 2 aromatic rings. The van der Waals surface area contributed by atoms with E-state index < -0.39 is 6.43 Å². The lowest BCUT2D eigenvalue weighted by atomic mass is 10.1. The van der Waals surface area contributed by atoms with Crippen LogP contribution >= 0.6 is 0 Å². The second-order valence-corrected chi connectivity index (χ2v) is 6.00. The van der Waals surface area contributed by atoms with Gasteiger partial charge < -0.3 is 10.3 Å². The number of rotatable bonds is 4. The minimum Gasteiger partial charge on any atom is -0.383 e. The SMILES string of the molecule is Nc1c(-c2ccc(C(F)F)cc2)nc(C2CC2)n1C1CC1. The fourth-order valence-corrected chi connectivity index (χ4v) is 2.81. The first kappa shape index (κ1) is 12.8. The number of hydrogen-bond donors (Lipinski definition) is 1. The Morgan fingerprint density at radius 1 is 1.10 bits per heavy atom. The lowest BCUT2D eigenvalue weighted by Crippen LogP contribution is -2.04. The zero-order valence-corrected chi connectivity index (χ0v) is 11.6. The summed E-state index contributed by atoms with van der Waals surface area (Å²) in [6, 6.07) is 6.77. The number of nitrogens with zero attached hydrogens (tertiary/aromatic N) is 2. The Kier molecular flexibility index (Phi) is 2.77. The van der Waals surface area contributed by atoms with E-state index >= 15 is 0 Å². The molecule has 0 bridgehead atoms. The number of nitrogen functional groups attached to an aromatic ring is 1. The van der Waals surface area contributed by atoms with Gasteiger partial charge in [0.15, 0.2) is 0 Å². The normalized spacial score (nSPS) is 18.4. The highest BCUT2D eigenvalue weighted by Crippen LogP contribution is 2.48. The quantitative estimate of drug-likeness (QED) is 0.912. The Morgan fingerprint density at radius 2 is 1.76 bits per heavy atom. The average molecular weight is 289 g/mol. The lowest BCUT2D eigenvalue weighted by molar-refractivity contribution is 0.151. The van der Waals surface area contributed by atoms with Crippen LogP contribution in [0.2, 0.25) is 0 Å². The van der Waals surface area contributed by atoms with E-state index in [-0.39, 0.29) is 5.56 Å². The van der Waals surface area contributed by atoms with Crippen LogP contribution in [0.1, 0.15) is 55.5 Å². The molecule has 0 radical (unpaired) electrons. The molecule has 2 saturated carbocycles. The van der Waals surface area contributed by atoms with Crippen molar-refractivity contribution in [3.63, 3.8) is 0 Å². The molecule has 2 N–H and O–H groups in total. The van der Waals surface area contributed by atoms with Gasteiger partial charge in [0.2, 0.25) is 0 Å². The van der Waals surface area contributed by atoms with Crippen molar-refractivity contribution in [1.29, 1.82) is 0 Å². The van der Waals surface area contributed by atoms with Gasteiger partial charge in [-0.2, -0.15) is 0 Å². The fraction of sp³-hybridized carbons (Fsp3) is 0.438. The Morgan fingerprint density at radius 3 is 2.29 bits per heavy atom. The van der Waals surface area contributed by atoms with Gasteiger partial charge in [0, 0.05) is 23.1 Å². The maximum atomic E-state index is 12.6. The van der Waals surface area contributed by atoms with Crippen LogP contribution in [-0.2, 0) is 0 Å².